The lowest BCUT2D eigenvalue weighted by atomic mass is 10.2. The van der Waals surface area contributed by atoms with Gasteiger partial charge in [0.25, 0.3) is 5.69 Å². The summed E-state index contributed by atoms with van der Waals surface area (Å²) in [5, 5.41) is 14.3. The normalized spacial score (nSPS) is 10.5. The Hall–Kier alpha value is -1.95. The van der Waals surface area contributed by atoms with Crippen LogP contribution in [0.15, 0.2) is 28.8 Å². The Bertz CT molecular complexity index is 539. The maximum atomic E-state index is 10.5. The smallest absolute Gasteiger partial charge is 0.269 e. The molecule has 0 saturated heterocycles. The maximum Gasteiger partial charge on any atom is 0.269 e. The van der Waals surface area contributed by atoms with Crippen molar-refractivity contribution in [2.24, 2.45) is 0 Å². The van der Waals surface area contributed by atoms with Crippen molar-refractivity contribution >= 4 is 17.3 Å². The number of benzene rings is 1. The first kappa shape index (κ1) is 12.5. The molecule has 0 radical (unpaired) electrons. The molecule has 0 amide bonds. The first-order valence-electron chi connectivity index (χ1n) is 5.34. The first-order valence-corrected chi connectivity index (χ1v) is 5.87. The molecule has 94 valence electrons. The van der Waals surface area contributed by atoms with E-state index in [0.717, 1.165) is 6.42 Å². The van der Waals surface area contributed by atoms with Crippen LogP contribution in [0.1, 0.15) is 12.3 Å². The zero-order valence-corrected chi connectivity index (χ0v) is 10.1. The number of nitro benzene ring substituents is 1. The molecule has 0 atom stereocenters. The van der Waals surface area contributed by atoms with Gasteiger partial charge in [-0.25, -0.2) is 0 Å². The third kappa shape index (κ3) is 2.84. The van der Waals surface area contributed by atoms with Gasteiger partial charge in [0.05, 0.1) is 4.92 Å². The summed E-state index contributed by atoms with van der Waals surface area (Å²) in [5.41, 5.74) is 0.714. The van der Waals surface area contributed by atoms with E-state index in [0.29, 0.717) is 29.6 Å². The predicted octanol–water partition coefficient (Wildman–Crippen LogP) is 2.82. The lowest BCUT2D eigenvalue weighted by Gasteiger charge is -1.93. The number of halogens is 1. The molecule has 1 heterocycles. The Morgan fingerprint density at radius 1 is 1.33 bits per heavy atom. The van der Waals surface area contributed by atoms with Gasteiger partial charge in [0.2, 0.25) is 11.7 Å². The van der Waals surface area contributed by atoms with Gasteiger partial charge < -0.3 is 4.52 Å². The second-order valence-electron chi connectivity index (χ2n) is 3.61. The van der Waals surface area contributed by atoms with E-state index < -0.39 is 4.92 Å². The molecule has 2 aromatic rings. The van der Waals surface area contributed by atoms with Gasteiger partial charge >= 0.3 is 0 Å². The Morgan fingerprint density at radius 2 is 2.06 bits per heavy atom. The highest BCUT2D eigenvalue weighted by Gasteiger charge is 2.10. The molecule has 0 N–H and O–H groups in total. The van der Waals surface area contributed by atoms with Crippen LogP contribution < -0.4 is 0 Å². The minimum absolute atomic E-state index is 0.0320. The summed E-state index contributed by atoms with van der Waals surface area (Å²) in [4.78, 5) is 14.2. The van der Waals surface area contributed by atoms with Crippen molar-refractivity contribution in [1.29, 1.82) is 0 Å². The Morgan fingerprint density at radius 3 is 2.67 bits per heavy atom. The van der Waals surface area contributed by atoms with E-state index in [1.807, 2.05) is 0 Å². The molecule has 0 fully saturated rings. The number of aryl methyl sites for hydroxylation is 1. The molecular weight excluding hydrogens is 258 g/mol. The summed E-state index contributed by atoms with van der Waals surface area (Å²) in [7, 11) is 0. The van der Waals surface area contributed by atoms with Gasteiger partial charge in [-0.3, -0.25) is 10.1 Å². The average Bonchev–Trinajstić information content (AvgIpc) is 2.85. The van der Waals surface area contributed by atoms with E-state index in [1.54, 1.807) is 12.1 Å². The van der Waals surface area contributed by atoms with E-state index in [4.69, 9.17) is 16.1 Å². The topological polar surface area (TPSA) is 82.1 Å². The fourth-order valence-electron chi connectivity index (χ4n) is 1.42. The van der Waals surface area contributed by atoms with Gasteiger partial charge in [0, 0.05) is 30.0 Å². The number of rotatable bonds is 5. The summed E-state index contributed by atoms with van der Waals surface area (Å²) < 4.78 is 5.05. The molecule has 0 saturated carbocycles. The van der Waals surface area contributed by atoms with Crippen LogP contribution in [0.25, 0.3) is 11.4 Å². The summed E-state index contributed by atoms with van der Waals surface area (Å²) in [6.45, 7) is 0. The molecule has 0 spiro atoms. The summed E-state index contributed by atoms with van der Waals surface area (Å²) in [6.07, 6.45) is 1.40. The van der Waals surface area contributed by atoms with Gasteiger partial charge in [-0.1, -0.05) is 5.16 Å². The molecule has 7 heteroatoms. The molecular formula is C11H10ClN3O3. The van der Waals surface area contributed by atoms with Crippen molar-refractivity contribution in [2.45, 2.75) is 12.8 Å². The van der Waals surface area contributed by atoms with Crippen molar-refractivity contribution in [1.82, 2.24) is 10.1 Å². The number of hydrogen-bond donors (Lipinski definition) is 0. The fourth-order valence-corrected chi connectivity index (χ4v) is 1.56. The molecule has 0 aliphatic carbocycles. The van der Waals surface area contributed by atoms with Gasteiger partial charge in [-0.2, -0.15) is 4.98 Å². The lowest BCUT2D eigenvalue weighted by Crippen LogP contribution is -1.88. The second kappa shape index (κ2) is 5.59. The van der Waals surface area contributed by atoms with E-state index in [1.165, 1.54) is 12.1 Å². The average molecular weight is 268 g/mol. The third-order valence-corrected chi connectivity index (χ3v) is 2.60. The Labute approximate surface area is 108 Å². The highest BCUT2D eigenvalue weighted by Crippen LogP contribution is 2.20. The quantitative estimate of drug-likeness (QED) is 0.473. The van der Waals surface area contributed by atoms with Crippen molar-refractivity contribution in [2.75, 3.05) is 5.88 Å². The largest absolute Gasteiger partial charge is 0.339 e. The highest BCUT2D eigenvalue weighted by molar-refractivity contribution is 6.17. The predicted molar refractivity (Wildman–Crippen MR) is 65.4 cm³/mol. The molecule has 2 rings (SSSR count). The number of nitro groups is 1. The number of aromatic nitrogens is 2. The van der Waals surface area contributed by atoms with E-state index in [9.17, 15) is 10.1 Å². The van der Waals surface area contributed by atoms with Crippen LogP contribution in [0.3, 0.4) is 0 Å². The van der Waals surface area contributed by atoms with Crippen LogP contribution in [0.2, 0.25) is 0 Å². The lowest BCUT2D eigenvalue weighted by molar-refractivity contribution is -0.384. The van der Waals surface area contributed by atoms with Crippen LogP contribution in [-0.4, -0.2) is 20.9 Å². The maximum absolute atomic E-state index is 10.5. The summed E-state index contributed by atoms with van der Waals surface area (Å²) in [5.74, 6) is 1.48. The fraction of sp³-hybridized carbons (Fsp3) is 0.273. The molecule has 0 aliphatic heterocycles. The van der Waals surface area contributed by atoms with Crippen LogP contribution >= 0.6 is 11.6 Å². The number of alkyl halides is 1. The highest BCUT2D eigenvalue weighted by atomic mass is 35.5. The summed E-state index contributed by atoms with van der Waals surface area (Å²) in [6, 6.07) is 6.00. The summed E-state index contributed by atoms with van der Waals surface area (Å²) >= 11 is 5.57. The van der Waals surface area contributed by atoms with Crippen LogP contribution in [0.4, 0.5) is 5.69 Å². The van der Waals surface area contributed by atoms with Crippen LogP contribution in [-0.2, 0) is 6.42 Å². The van der Waals surface area contributed by atoms with Gasteiger partial charge in [0.15, 0.2) is 0 Å². The van der Waals surface area contributed by atoms with E-state index in [-0.39, 0.29) is 5.69 Å². The Balaban J connectivity index is 2.15. The van der Waals surface area contributed by atoms with Gasteiger partial charge in [0.1, 0.15) is 0 Å². The van der Waals surface area contributed by atoms with Crippen molar-refractivity contribution in [3.63, 3.8) is 0 Å². The van der Waals surface area contributed by atoms with Gasteiger partial charge in [-0.15, -0.1) is 11.6 Å². The minimum atomic E-state index is -0.452. The molecule has 1 aromatic heterocycles. The zero-order valence-electron chi connectivity index (χ0n) is 9.38. The van der Waals surface area contributed by atoms with Crippen molar-refractivity contribution in [3.05, 3.63) is 40.3 Å². The second-order valence-corrected chi connectivity index (χ2v) is 3.99. The molecule has 6 nitrogen and oxygen atoms in total. The Kier molecular flexibility index (Phi) is 3.88. The van der Waals surface area contributed by atoms with Crippen molar-refractivity contribution in [3.8, 4) is 11.4 Å². The van der Waals surface area contributed by atoms with Crippen molar-refractivity contribution < 1.29 is 9.45 Å². The first-order chi connectivity index (χ1) is 8.70. The third-order valence-electron chi connectivity index (χ3n) is 2.33. The standard InChI is InChI=1S/C11H10ClN3O3/c12-7-1-2-10-13-11(14-18-10)8-3-5-9(6-4-8)15(16)17/h3-6H,1-2,7H2. The molecule has 1 aromatic carbocycles. The van der Waals surface area contributed by atoms with Crippen LogP contribution in [0, 0.1) is 10.1 Å². The minimum Gasteiger partial charge on any atom is -0.339 e. The van der Waals surface area contributed by atoms with E-state index >= 15 is 0 Å². The number of hydrogen-bond acceptors (Lipinski definition) is 5. The van der Waals surface area contributed by atoms with Gasteiger partial charge in [-0.05, 0) is 18.6 Å². The number of nitrogens with zero attached hydrogens (tertiary/aromatic N) is 3. The SMILES string of the molecule is O=[N+]([O-])c1ccc(-c2noc(CCCCl)n2)cc1. The zero-order chi connectivity index (χ0) is 13.0. The molecule has 0 bridgehead atoms. The molecule has 0 aliphatic rings. The van der Waals surface area contributed by atoms with E-state index in [2.05, 4.69) is 10.1 Å². The number of non-ortho nitro benzene ring substituents is 1. The van der Waals surface area contributed by atoms with Crippen LogP contribution in [0.5, 0.6) is 0 Å². The monoisotopic (exact) mass is 267 g/mol. The molecule has 18 heavy (non-hydrogen) atoms. The molecule has 0 unspecified atom stereocenters.